The van der Waals surface area contributed by atoms with E-state index in [4.69, 9.17) is 14.2 Å². The lowest BCUT2D eigenvalue weighted by molar-refractivity contribution is -0.123. The second-order valence-electron chi connectivity index (χ2n) is 8.76. The molecule has 1 aromatic rings. The zero-order valence-corrected chi connectivity index (χ0v) is 19.3. The Hall–Kier alpha value is -1.83. The number of nitrogens with zero attached hydrogens (tertiary/aromatic N) is 2. The first-order chi connectivity index (χ1) is 15.1. The van der Waals surface area contributed by atoms with E-state index in [9.17, 15) is 4.79 Å². The van der Waals surface area contributed by atoms with Crippen molar-refractivity contribution in [2.75, 3.05) is 53.1 Å². The Bertz CT molecular complexity index is 653. The minimum Gasteiger partial charge on any atom is -0.497 e. The van der Waals surface area contributed by atoms with E-state index >= 15 is 0 Å². The molecule has 0 aliphatic carbocycles. The number of benzene rings is 1. The number of nitrogens with one attached hydrogen (secondary N) is 1. The largest absolute Gasteiger partial charge is 0.497 e. The van der Waals surface area contributed by atoms with Gasteiger partial charge in [-0.15, -0.1) is 0 Å². The fourth-order valence-corrected chi connectivity index (χ4v) is 4.61. The number of piperidine rings is 1. The summed E-state index contributed by atoms with van der Waals surface area (Å²) in [6.45, 7) is 10.1. The van der Waals surface area contributed by atoms with Gasteiger partial charge in [-0.1, -0.05) is 0 Å². The van der Waals surface area contributed by atoms with Crippen LogP contribution in [0, 0.1) is 0 Å². The topological polar surface area (TPSA) is 63.3 Å². The van der Waals surface area contributed by atoms with Gasteiger partial charge >= 0.3 is 0 Å². The average Bonchev–Trinajstić information content (AvgIpc) is 2.81. The van der Waals surface area contributed by atoms with E-state index in [2.05, 4.69) is 29.0 Å². The Morgan fingerprint density at radius 2 is 1.71 bits per heavy atom. The summed E-state index contributed by atoms with van der Waals surface area (Å²) < 4.78 is 16.3. The highest BCUT2D eigenvalue weighted by atomic mass is 16.5. The molecule has 0 saturated carbocycles. The molecule has 1 aromatic carbocycles. The van der Waals surface area contributed by atoms with Crippen LogP contribution in [0.3, 0.4) is 0 Å². The van der Waals surface area contributed by atoms with E-state index in [-0.39, 0.29) is 12.5 Å². The molecule has 2 fully saturated rings. The van der Waals surface area contributed by atoms with Crippen LogP contribution in [0.15, 0.2) is 24.3 Å². The normalized spacial score (nSPS) is 19.0. The fourth-order valence-electron chi connectivity index (χ4n) is 4.61. The molecule has 1 N–H and O–H groups in total. The molecule has 0 unspecified atom stereocenters. The molecule has 2 heterocycles. The summed E-state index contributed by atoms with van der Waals surface area (Å²) in [5.41, 5.74) is 0. The van der Waals surface area contributed by atoms with Crippen molar-refractivity contribution < 1.29 is 19.0 Å². The smallest absolute Gasteiger partial charge is 0.257 e. The maximum Gasteiger partial charge on any atom is 0.257 e. The van der Waals surface area contributed by atoms with Crippen molar-refractivity contribution in [3.8, 4) is 11.5 Å². The third-order valence-electron chi connectivity index (χ3n) is 6.48. The summed E-state index contributed by atoms with van der Waals surface area (Å²) in [6.07, 6.45) is 4.56. The fraction of sp³-hybridized carbons (Fsp3) is 0.708. The van der Waals surface area contributed by atoms with Crippen LogP contribution in [0.4, 0.5) is 0 Å². The van der Waals surface area contributed by atoms with Crippen LogP contribution in [0.2, 0.25) is 0 Å². The predicted molar refractivity (Wildman–Crippen MR) is 122 cm³/mol. The van der Waals surface area contributed by atoms with E-state index in [1.54, 1.807) is 7.11 Å². The first-order valence-electron chi connectivity index (χ1n) is 11.7. The van der Waals surface area contributed by atoms with Crippen molar-refractivity contribution in [3.63, 3.8) is 0 Å². The van der Waals surface area contributed by atoms with Crippen LogP contribution in [0.25, 0.3) is 0 Å². The molecule has 0 spiro atoms. The minimum atomic E-state index is -0.0858. The molecule has 2 aliphatic rings. The van der Waals surface area contributed by atoms with Gasteiger partial charge in [-0.3, -0.25) is 9.69 Å². The summed E-state index contributed by atoms with van der Waals surface area (Å²) in [6, 6.07) is 9.02. The molecule has 0 atom stereocenters. The molecule has 3 rings (SSSR count). The van der Waals surface area contributed by atoms with E-state index in [1.165, 1.54) is 12.8 Å². The molecule has 0 bridgehead atoms. The summed E-state index contributed by atoms with van der Waals surface area (Å²) in [4.78, 5) is 17.5. The van der Waals surface area contributed by atoms with E-state index in [1.807, 2.05) is 24.3 Å². The molecule has 2 aliphatic heterocycles. The lowest BCUT2D eigenvalue weighted by Gasteiger charge is -2.44. The summed E-state index contributed by atoms with van der Waals surface area (Å²) in [7, 11) is 1.63. The molecule has 1 amide bonds. The molecule has 7 nitrogen and oxygen atoms in total. The number of hydrogen-bond donors (Lipinski definition) is 1. The van der Waals surface area contributed by atoms with Crippen molar-refractivity contribution in [2.24, 2.45) is 0 Å². The maximum atomic E-state index is 12.3. The monoisotopic (exact) mass is 433 g/mol. The molecule has 31 heavy (non-hydrogen) atoms. The number of carbonyl (C=O) groups is 1. The quantitative estimate of drug-likeness (QED) is 0.612. The number of rotatable bonds is 10. The number of hydrogen-bond acceptors (Lipinski definition) is 6. The molecule has 174 valence electrons. The number of amides is 1. The second-order valence-corrected chi connectivity index (χ2v) is 8.76. The number of ether oxygens (including phenoxy) is 3. The molecule has 2 saturated heterocycles. The third kappa shape index (κ3) is 7.37. The van der Waals surface area contributed by atoms with E-state index < -0.39 is 0 Å². The highest BCUT2D eigenvalue weighted by Gasteiger charge is 2.31. The van der Waals surface area contributed by atoms with Crippen molar-refractivity contribution in [3.05, 3.63) is 24.3 Å². The maximum absolute atomic E-state index is 12.3. The van der Waals surface area contributed by atoms with Crippen LogP contribution in [-0.2, 0) is 9.53 Å². The Morgan fingerprint density at radius 1 is 1.10 bits per heavy atom. The number of carbonyl (C=O) groups excluding carboxylic acids is 1. The van der Waals surface area contributed by atoms with Crippen molar-refractivity contribution in [2.45, 2.75) is 57.7 Å². The highest BCUT2D eigenvalue weighted by Crippen LogP contribution is 2.24. The summed E-state index contributed by atoms with van der Waals surface area (Å²) in [5.74, 6) is 1.35. The van der Waals surface area contributed by atoms with Crippen LogP contribution in [0.5, 0.6) is 11.5 Å². The van der Waals surface area contributed by atoms with Gasteiger partial charge in [0.1, 0.15) is 11.5 Å². The van der Waals surface area contributed by atoms with Gasteiger partial charge in [0.2, 0.25) is 0 Å². The Morgan fingerprint density at radius 3 is 2.32 bits per heavy atom. The van der Waals surface area contributed by atoms with Gasteiger partial charge in [-0.2, -0.15) is 0 Å². The molecular formula is C24H39N3O4. The Kier molecular flexibility index (Phi) is 9.43. The van der Waals surface area contributed by atoms with E-state index in [0.717, 1.165) is 51.4 Å². The standard InChI is InChI=1S/C24H39N3O4/c1-19(2)26-13-8-20(9-14-26)27(21-10-16-30-17-11-21)15-12-25-24(28)18-31-23-6-4-22(29-3)5-7-23/h4-7,19-21H,8-18H2,1-3H3,(H,25,28). The summed E-state index contributed by atoms with van der Waals surface area (Å²) in [5, 5.41) is 3.04. The first kappa shape index (κ1) is 23.8. The average molecular weight is 434 g/mol. The SMILES string of the molecule is COc1ccc(OCC(=O)NCCN(C2CCOCC2)C2CCN(C(C)C)CC2)cc1. The Labute approximate surface area is 187 Å². The van der Waals surface area contributed by atoms with Gasteiger partial charge in [0.15, 0.2) is 6.61 Å². The van der Waals surface area contributed by atoms with Crippen LogP contribution >= 0.6 is 0 Å². The zero-order chi connectivity index (χ0) is 22.1. The minimum absolute atomic E-state index is 0.0242. The van der Waals surface area contributed by atoms with Gasteiger partial charge in [0.25, 0.3) is 5.91 Å². The van der Waals surface area contributed by atoms with Gasteiger partial charge in [0.05, 0.1) is 7.11 Å². The molecule has 0 aromatic heterocycles. The zero-order valence-electron chi connectivity index (χ0n) is 19.3. The summed E-state index contributed by atoms with van der Waals surface area (Å²) >= 11 is 0. The Balaban J connectivity index is 1.45. The predicted octanol–water partition coefficient (Wildman–Crippen LogP) is 2.54. The van der Waals surface area contributed by atoms with Gasteiger partial charge in [-0.05, 0) is 76.9 Å². The van der Waals surface area contributed by atoms with Crippen LogP contribution in [-0.4, -0.2) is 86.9 Å². The highest BCUT2D eigenvalue weighted by molar-refractivity contribution is 5.77. The van der Waals surface area contributed by atoms with Gasteiger partial charge in [0, 0.05) is 44.4 Å². The van der Waals surface area contributed by atoms with Crippen LogP contribution in [0.1, 0.15) is 39.5 Å². The van der Waals surface area contributed by atoms with Gasteiger partial charge in [-0.25, -0.2) is 0 Å². The van der Waals surface area contributed by atoms with Crippen molar-refractivity contribution >= 4 is 5.91 Å². The molecular weight excluding hydrogens is 394 g/mol. The van der Waals surface area contributed by atoms with Gasteiger partial charge < -0.3 is 24.4 Å². The second kappa shape index (κ2) is 12.3. The number of likely N-dealkylation sites (tertiary alicyclic amines) is 1. The third-order valence-corrected chi connectivity index (χ3v) is 6.48. The molecule has 0 radical (unpaired) electrons. The van der Waals surface area contributed by atoms with E-state index in [0.29, 0.717) is 30.4 Å². The first-order valence-corrected chi connectivity index (χ1v) is 11.7. The van der Waals surface area contributed by atoms with Crippen molar-refractivity contribution in [1.29, 1.82) is 0 Å². The lowest BCUT2D eigenvalue weighted by atomic mass is 9.97. The van der Waals surface area contributed by atoms with Crippen LogP contribution < -0.4 is 14.8 Å². The lowest BCUT2D eigenvalue weighted by Crippen LogP contribution is -2.53. The number of methoxy groups -OCH3 is 1. The van der Waals surface area contributed by atoms with Crippen molar-refractivity contribution in [1.82, 2.24) is 15.1 Å². The molecule has 7 heteroatoms.